The lowest BCUT2D eigenvalue weighted by Crippen LogP contribution is -2.19. The molecule has 1 heterocycles. The van der Waals surface area contributed by atoms with Crippen molar-refractivity contribution in [2.24, 2.45) is 7.05 Å². The van der Waals surface area contributed by atoms with Gasteiger partial charge in [0.05, 0.1) is 15.7 Å². The molecule has 1 aromatic heterocycles. The van der Waals surface area contributed by atoms with E-state index in [1.807, 2.05) is 50.1 Å². The highest BCUT2D eigenvalue weighted by atomic mass is 35.5. The van der Waals surface area contributed by atoms with Crippen molar-refractivity contribution in [1.82, 2.24) is 15.1 Å². The predicted octanol–water partition coefficient (Wildman–Crippen LogP) is 3.54. The Balaban J connectivity index is 2.23. The molecular weight excluding hydrogens is 281 g/mol. The van der Waals surface area contributed by atoms with Gasteiger partial charge in [-0.2, -0.15) is 5.10 Å². The normalized spacial score (nSPS) is 12.7. The second-order valence-corrected chi connectivity index (χ2v) is 5.45. The smallest absolute Gasteiger partial charge is 0.0641 e. The van der Waals surface area contributed by atoms with E-state index in [1.54, 1.807) is 0 Å². The third-order valence-corrected chi connectivity index (χ3v) is 3.94. The predicted molar refractivity (Wildman–Crippen MR) is 79.9 cm³/mol. The topological polar surface area (TPSA) is 29.9 Å². The van der Waals surface area contributed by atoms with Gasteiger partial charge in [0.15, 0.2) is 0 Å². The van der Waals surface area contributed by atoms with Gasteiger partial charge >= 0.3 is 0 Å². The van der Waals surface area contributed by atoms with E-state index >= 15 is 0 Å². The van der Waals surface area contributed by atoms with E-state index in [-0.39, 0.29) is 6.04 Å². The lowest BCUT2D eigenvalue weighted by molar-refractivity contribution is 0.588. The van der Waals surface area contributed by atoms with Crippen molar-refractivity contribution in [2.75, 3.05) is 7.05 Å². The number of hydrogen-bond donors (Lipinski definition) is 1. The standard InChI is InChI=1S/C14H17Cl2N3/c1-9-11(8-19(3)18-9)14(17-2)7-10-4-5-12(15)13(16)6-10/h4-6,8,14,17H,7H2,1-3H3. The summed E-state index contributed by atoms with van der Waals surface area (Å²) in [6.45, 7) is 2.02. The van der Waals surface area contributed by atoms with E-state index in [1.165, 1.54) is 5.56 Å². The molecule has 0 amide bonds. The Labute approximate surface area is 123 Å². The van der Waals surface area contributed by atoms with Crippen molar-refractivity contribution in [2.45, 2.75) is 19.4 Å². The number of aromatic nitrogens is 2. The second kappa shape index (κ2) is 5.95. The molecule has 102 valence electrons. The maximum absolute atomic E-state index is 6.05. The van der Waals surface area contributed by atoms with Crippen LogP contribution < -0.4 is 5.32 Å². The summed E-state index contributed by atoms with van der Waals surface area (Å²) in [5.74, 6) is 0. The highest BCUT2D eigenvalue weighted by Crippen LogP contribution is 2.26. The number of hydrogen-bond acceptors (Lipinski definition) is 2. The number of aryl methyl sites for hydroxylation is 2. The van der Waals surface area contributed by atoms with Gasteiger partial charge in [0.2, 0.25) is 0 Å². The number of likely N-dealkylation sites (N-methyl/N-ethyl adjacent to an activating group) is 1. The fourth-order valence-electron chi connectivity index (χ4n) is 2.23. The fraction of sp³-hybridized carbons (Fsp3) is 0.357. The highest BCUT2D eigenvalue weighted by Gasteiger charge is 2.15. The molecule has 19 heavy (non-hydrogen) atoms. The van der Waals surface area contributed by atoms with Crippen LogP contribution in [-0.4, -0.2) is 16.8 Å². The first-order chi connectivity index (χ1) is 9.01. The second-order valence-electron chi connectivity index (χ2n) is 4.64. The third-order valence-electron chi connectivity index (χ3n) is 3.20. The lowest BCUT2D eigenvalue weighted by atomic mass is 10.00. The van der Waals surface area contributed by atoms with Crippen molar-refractivity contribution in [1.29, 1.82) is 0 Å². The van der Waals surface area contributed by atoms with E-state index in [0.717, 1.165) is 17.7 Å². The first kappa shape index (κ1) is 14.4. The minimum Gasteiger partial charge on any atom is -0.313 e. The fourth-order valence-corrected chi connectivity index (χ4v) is 2.55. The molecule has 3 nitrogen and oxygen atoms in total. The van der Waals surface area contributed by atoms with Crippen LogP contribution >= 0.6 is 23.2 Å². The van der Waals surface area contributed by atoms with Crippen LogP contribution in [0.5, 0.6) is 0 Å². The van der Waals surface area contributed by atoms with Gasteiger partial charge in [-0.3, -0.25) is 4.68 Å². The van der Waals surface area contributed by atoms with Crippen LogP contribution in [-0.2, 0) is 13.5 Å². The van der Waals surface area contributed by atoms with Crippen LogP contribution in [0, 0.1) is 6.92 Å². The maximum atomic E-state index is 6.05. The maximum Gasteiger partial charge on any atom is 0.0641 e. The zero-order valence-corrected chi connectivity index (χ0v) is 12.8. The summed E-state index contributed by atoms with van der Waals surface area (Å²) in [6, 6.07) is 5.97. The van der Waals surface area contributed by atoms with E-state index < -0.39 is 0 Å². The molecule has 2 aromatic rings. The summed E-state index contributed by atoms with van der Waals surface area (Å²) in [6.07, 6.45) is 2.90. The van der Waals surface area contributed by atoms with Crippen LogP contribution in [0.4, 0.5) is 0 Å². The van der Waals surface area contributed by atoms with Crippen LogP contribution in [0.15, 0.2) is 24.4 Å². The summed E-state index contributed by atoms with van der Waals surface area (Å²) in [4.78, 5) is 0. The lowest BCUT2D eigenvalue weighted by Gasteiger charge is -2.16. The molecule has 0 saturated carbocycles. The summed E-state index contributed by atoms with van der Waals surface area (Å²) in [7, 11) is 3.89. The van der Waals surface area contributed by atoms with E-state index in [0.29, 0.717) is 10.0 Å². The van der Waals surface area contributed by atoms with Gasteiger partial charge in [0.1, 0.15) is 0 Å². The van der Waals surface area contributed by atoms with Crippen molar-refractivity contribution in [3.63, 3.8) is 0 Å². The molecule has 0 fully saturated rings. The van der Waals surface area contributed by atoms with Gasteiger partial charge < -0.3 is 5.32 Å². The van der Waals surface area contributed by atoms with Crippen LogP contribution in [0.3, 0.4) is 0 Å². The summed E-state index contributed by atoms with van der Waals surface area (Å²) >= 11 is 12.0. The van der Waals surface area contributed by atoms with Crippen molar-refractivity contribution >= 4 is 23.2 Å². The van der Waals surface area contributed by atoms with Gasteiger partial charge in [-0.1, -0.05) is 29.3 Å². The number of nitrogens with one attached hydrogen (secondary N) is 1. The Kier molecular flexibility index (Phi) is 4.50. The molecule has 0 radical (unpaired) electrons. The zero-order chi connectivity index (χ0) is 14.0. The Hall–Kier alpha value is -1.03. The van der Waals surface area contributed by atoms with Crippen LogP contribution in [0.1, 0.15) is 22.9 Å². The SMILES string of the molecule is CNC(Cc1ccc(Cl)c(Cl)c1)c1cn(C)nc1C. The van der Waals surface area contributed by atoms with E-state index in [2.05, 4.69) is 10.4 Å². The monoisotopic (exact) mass is 297 g/mol. The minimum atomic E-state index is 0.214. The van der Waals surface area contributed by atoms with Gasteiger partial charge in [-0.15, -0.1) is 0 Å². The third kappa shape index (κ3) is 3.30. The Bertz CT molecular complexity index is 578. The molecule has 1 unspecified atom stereocenters. The summed E-state index contributed by atoms with van der Waals surface area (Å²) < 4.78 is 1.84. The van der Waals surface area contributed by atoms with Gasteiger partial charge in [-0.05, 0) is 38.1 Å². The quantitative estimate of drug-likeness (QED) is 0.935. The molecule has 5 heteroatoms. The van der Waals surface area contributed by atoms with Crippen LogP contribution in [0.25, 0.3) is 0 Å². The molecule has 2 rings (SSSR count). The Morgan fingerprint density at radius 3 is 2.58 bits per heavy atom. The molecule has 0 saturated heterocycles. The molecule has 0 aliphatic heterocycles. The van der Waals surface area contributed by atoms with E-state index in [4.69, 9.17) is 23.2 Å². The first-order valence-electron chi connectivity index (χ1n) is 6.12. The van der Waals surface area contributed by atoms with E-state index in [9.17, 15) is 0 Å². The summed E-state index contributed by atoms with van der Waals surface area (Å²) in [5, 5.41) is 8.89. The van der Waals surface area contributed by atoms with Gasteiger partial charge in [-0.25, -0.2) is 0 Å². The number of rotatable bonds is 4. The molecule has 0 spiro atoms. The van der Waals surface area contributed by atoms with Crippen LogP contribution in [0.2, 0.25) is 10.0 Å². The highest BCUT2D eigenvalue weighted by molar-refractivity contribution is 6.42. The molecule has 0 aliphatic rings. The molecule has 1 atom stereocenters. The summed E-state index contributed by atoms with van der Waals surface area (Å²) in [5.41, 5.74) is 3.40. The average molecular weight is 298 g/mol. The number of halogens is 2. The van der Waals surface area contributed by atoms with Crippen molar-refractivity contribution in [3.05, 3.63) is 51.3 Å². The number of benzene rings is 1. The molecular formula is C14H17Cl2N3. The Morgan fingerprint density at radius 2 is 2.05 bits per heavy atom. The number of nitrogens with zero attached hydrogens (tertiary/aromatic N) is 2. The molecule has 1 N–H and O–H groups in total. The van der Waals surface area contributed by atoms with Gasteiger partial charge in [0.25, 0.3) is 0 Å². The minimum absolute atomic E-state index is 0.214. The molecule has 1 aromatic carbocycles. The van der Waals surface area contributed by atoms with Crippen molar-refractivity contribution < 1.29 is 0 Å². The largest absolute Gasteiger partial charge is 0.313 e. The van der Waals surface area contributed by atoms with Crippen molar-refractivity contribution in [3.8, 4) is 0 Å². The molecule has 0 bridgehead atoms. The zero-order valence-electron chi connectivity index (χ0n) is 11.2. The first-order valence-corrected chi connectivity index (χ1v) is 6.88. The average Bonchev–Trinajstić information content (AvgIpc) is 2.70. The van der Waals surface area contributed by atoms with Gasteiger partial charge in [0, 0.05) is 24.8 Å². The Morgan fingerprint density at radius 1 is 1.32 bits per heavy atom. The molecule has 0 aliphatic carbocycles.